The van der Waals surface area contributed by atoms with Crippen molar-refractivity contribution in [2.75, 3.05) is 18.4 Å². The maximum absolute atomic E-state index is 12.2. The van der Waals surface area contributed by atoms with Crippen molar-refractivity contribution in [2.45, 2.75) is 12.8 Å². The van der Waals surface area contributed by atoms with E-state index in [1.54, 1.807) is 12.3 Å². The molecule has 0 radical (unpaired) electrons. The molecule has 1 aromatic carbocycles. The minimum atomic E-state index is 0.0303. The first-order valence-electron chi connectivity index (χ1n) is 7.00. The van der Waals surface area contributed by atoms with Crippen LogP contribution in [0.25, 0.3) is 0 Å². The van der Waals surface area contributed by atoms with E-state index in [1.165, 1.54) is 0 Å². The number of hydrogen-bond acceptors (Lipinski definition) is 3. The minimum Gasteiger partial charge on any atom is -0.354 e. The lowest BCUT2D eigenvalue weighted by Crippen LogP contribution is -2.28. The Kier molecular flexibility index (Phi) is 4.20. The van der Waals surface area contributed by atoms with E-state index in [9.17, 15) is 4.79 Å². The van der Waals surface area contributed by atoms with E-state index < -0.39 is 0 Å². The molecule has 0 spiro atoms. The molecular weight excluding hydrogens is 330 g/mol. The van der Waals surface area contributed by atoms with Crippen molar-refractivity contribution in [2.24, 2.45) is 0 Å². The fourth-order valence-corrected chi connectivity index (χ4v) is 2.64. The average Bonchev–Trinajstić information content (AvgIpc) is 3.04. The van der Waals surface area contributed by atoms with E-state index in [0.29, 0.717) is 5.69 Å². The van der Waals surface area contributed by atoms with Crippen LogP contribution in [0.15, 0.2) is 47.1 Å². The van der Waals surface area contributed by atoms with Crippen molar-refractivity contribution >= 4 is 33.2 Å². The van der Waals surface area contributed by atoms with Gasteiger partial charge in [0, 0.05) is 23.2 Å². The van der Waals surface area contributed by atoms with Gasteiger partial charge in [0.25, 0.3) is 5.91 Å². The fourth-order valence-electron chi connectivity index (χ4n) is 2.38. The molecule has 0 unspecified atom stereocenters. The molecule has 0 bridgehead atoms. The molecule has 3 rings (SSSR count). The lowest BCUT2D eigenvalue weighted by atomic mass is 10.2. The molecule has 1 amide bonds. The smallest absolute Gasteiger partial charge is 0.272 e. The van der Waals surface area contributed by atoms with E-state index in [2.05, 4.69) is 26.2 Å². The number of halogens is 1. The molecule has 2 aromatic rings. The molecule has 1 aliphatic rings. The predicted molar refractivity (Wildman–Crippen MR) is 86.8 cm³/mol. The van der Waals surface area contributed by atoms with Crippen molar-refractivity contribution < 1.29 is 4.79 Å². The third-order valence-electron chi connectivity index (χ3n) is 3.51. The lowest BCUT2D eigenvalue weighted by molar-refractivity contribution is 0.0787. The molecule has 108 valence electrons. The van der Waals surface area contributed by atoms with Gasteiger partial charge >= 0.3 is 0 Å². The van der Waals surface area contributed by atoms with Gasteiger partial charge in [-0.05, 0) is 49.2 Å². The van der Waals surface area contributed by atoms with Gasteiger partial charge in [0.2, 0.25) is 0 Å². The van der Waals surface area contributed by atoms with Gasteiger partial charge in [-0.15, -0.1) is 0 Å². The number of rotatable bonds is 3. The van der Waals surface area contributed by atoms with Gasteiger partial charge in [0.05, 0.1) is 11.9 Å². The van der Waals surface area contributed by atoms with Crippen LogP contribution in [0.3, 0.4) is 0 Å². The molecule has 0 aliphatic carbocycles. The normalized spacial score (nSPS) is 14.2. The molecule has 4 nitrogen and oxygen atoms in total. The molecule has 1 N–H and O–H groups in total. The van der Waals surface area contributed by atoms with Crippen LogP contribution >= 0.6 is 15.9 Å². The zero-order valence-electron chi connectivity index (χ0n) is 11.6. The van der Waals surface area contributed by atoms with Crippen LogP contribution in [-0.2, 0) is 0 Å². The molecule has 0 atom stereocenters. The molecule has 0 saturated carbocycles. The Labute approximate surface area is 132 Å². The SMILES string of the molecule is O=C(c1ccc(Nc2ccc(Br)cc2)cn1)N1CCCC1. The topological polar surface area (TPSA) is 45.2 Å². The third kappa shape index (κ3) is 3.42. The third-order valence-corrected chi connectivity index (χ3v) is 4.04. The first-order chi connectivity index (χ1) is 10.2. The molecule has 21 heavy (non-hydrogen) atoms. The molecule has 2 heterocycles. The highest BCUT2D eigenvalue weighted by atomic mass is 79.9. The Morgan fingerprint density at radius 1 is 1.05 bits per heavy atom. The predicted octanol–water partition coefficient (Wildman–Crippen LogP) is 3.82. The first kappa shape index (κ1) is 14.1. The highest BCUT2D eigenvalue weighted by Gasteiger charge is 2.20. The summed E-state index contributed by atoms with van der Waals surface area (Å²) >= 11 is 3.41. The van der Waals surface area contributed by atoms with E-state index in [-0.39, 0.29) is 5.91 Å². The highest BCUT2D eigenvalue weighted by Crippen LogP contribution is 2.19. The van der Waals surface area contributed by atoms with Gasteiger partial charge in [-0.3, -0.25) is 4.79 Å². The number of amides is 1. The average molecular weight is 346 g/mol. The van der Waals surface area contributed by atoms with E-state index in [0.717, 1.165) is 41.8 Å². The summed E-state index contributed by atoms with van der Waals surface area (Å²) < 4.78 is 1.04. The summed E-state index contributed by atoms with van der Waals surface area (Å²) in [6.45, 7) is 1.69. The number of pyridine rings is 1. The molecule has 1 aromatic heterocycles. The number of carbonyl (C=O) groups is 1. The summed E-state index contributed by atoms with van der Waals surface area (Å²) in [5, 5.41) is 3.26. The highest BCUT2D eigenvalue weighted by molar-refractivity contribution is 9.10. The summed E-state index contributed by atoms with van der Waals surface area (Å²) in [4.78, 5) is 18.3. The van der Waals surface area contributed by atoms with Crippen LogP contribution < -0.4 is 5.32 Å². The molecule has 1 saturated heterocycles. The number of nitrogens with zero attached hydrogens (tertiary/aromatic N) is 2. The number of aromatic nitrogens is 1. The van der Waals surface area contributed by atoms with Crippen LogP contribution in [0.2, 0.25) is 0 Å². The number of benzene rings is 1. The Morgan fingerprint density at radius 3 is 2.33 bits per heavy atom. The van der Waals surface area contributed by atoms with E-state index in [1.807, 2.05) is 35.2 Å². The summed E-state index contributed by atoms with van der Waals surface area (Å²) in [7, 11) is 0. The summed E-state index contributed by atoms with van der Waals surface area (Å²) in [6.07, 6.45) is 3.88. The van der Waals surface area contributed by atoms with Crippen LogP contribution in [0, 0.1) is 0 Å². The minimum absolute atomic E-state index is 0.0303. The van der Waals surface area contributed by atoms with Gasteiger partial charge in [0.15, 0.2) is 0 Å². The first-order valence-corrected chi connectivity index (χ1v) is 7.79. The lowest BCUT2D eigenvalue weighted by Gasteiger charge is -2.14. The second-order valence-corrected chi connectivity index (χ2v) is 5.98. The van der Waals surface area contributed by atoms with Crippen molar-refractivity contribution in [1.29, 1.82) is 0 Å². The van der Waals surface area contributed by atoms with Gasteiger partial charge in [-0.25, -0.2) is 4.98 Å². The number of anilines is 2. The van der Waals surface area contributed by atoms with Gasteiger partial charge in [-0.1, -0.05) is 15.9 Å². The molecular formula is C16H16BrN3O. The van der Waals surface area contributed by atoms with Gasteiger partial charge in [-0.2, -0.15) is 0 Å². The monoisotopic (exact) mass is 345 g/mol. The summed E-state index contributed by atoms with van der Waals surface area (Å²) in [5.74, 6) is 0.0303. The second-order valence-electron chi connectivity index (χ2n) is 5.06. The van der Waals surface area contributed by atoms with Crippen LogP contribution in [0.4, 0.5) is 11.4 Å². The van der Waals surface area contributed by atoms with Gasteiger partial charge in [0.1, 0.15) is 5.69 Å². The zero-order chi connectivity index (χ0) is 14.7. The Morgan fingerprint density at radius 2 is 1.71 bits per heavy atom. The number of hydrogen-bond donors (Lipinski definition) is 1. The quantitative estimate of drug-likeness (QED) is 0.919. The molecule has 1 aliphatic heterocycles. The van der Waals surface area contributed by atoms with Crippen LogP contribution in [0.1, 0.15) is 23.3 Å². The van der Waals surface area contributed by atoms with Crippen LogP contribution in [-0.4, -0.2) is 28.9 Å². The number of likely N-dealkylation sites (tertiary alicyclic amines) is 1. The van der Waals surface area contributed by atoms with Crippen molar-refractivity contribution in [3.8, 4) is 0 Å². The van der Waals surface area contributed by atoms with E-state index >= 15 is 0 Å². The van der Waals surface area contributed by atoms with E-state index in [4.69, 9.17) is 0 Å². The Balaban J connectivity index is 1.68. The number of nitrogens with one attached hydrogen (secondary N) is 1. The maximum Gasteiger partial charge on any atom is 0.272 e. The largest absolute Gasteiger partial charge is 0.354 e. The number of carbonyl (C=O) groups excluding carboxylic acids is 1. The Bertz CT molecular complexity index is 619. The van der Waals surface area contributed by atoms with Crippen molar-refractivity contribution in [1.82, 2.24) is 9.88 Å². The van der Waals surface area contributed by atoms with Gasteiger partial charge < -0.3 is 10.2 Å². The standard InChI is InChI=1S/C16H16BrN3O/c17-12-3-5-13(6-4-12)19-14-7-8-15(18-11-14)16(21)20-9-1-2-10-20/h3-8,11,19H,1-2,9-10H2. The second kappa shape index (κ2) is 6.26. The van der Waals surface area contributed by atoms with Crippen LogP contribution in [0.5, 0.6) is 0 Å². The molecule has 5 heteroatoms. The maximum atomic E-state index is 12.2. The van der Waals surface area contributed by atoms with Crippen molar-refractivity contribution in [3.63, 3.8) is 0 Å². The van der Waals surface area contributed by atoms with Crippen molar-refractivity contribution in [3.05, 3.63) is 52.8 Å². The summed E-state index contributed by atoms with van der Waals surface area (Å²) in [5.41, 5.74) is 2.37. The Hall–Kier alpha value is -1.88. The zero-order valence-corrected chi connectivity index (χ0v) is 13.1. The molecule has 1 fully saturated rings. The fraction of sp³-hybridized carbons (Fsp3) is 0.250. The summed E-state index contributed by atoms with van der Waals surface area (Å²) in [6, 6.07) is 11.6.